The fourth-order valence-electron chi connectivity index (χ4n) is 0.826. The lowest BCUT2D eigenvalue weighted by Crippen LogP contribution is -2.06. The summed E-state index contributed by atoms with van der Waals surface area (Å²) >= 11 is 1.68. The Morgan fingerprint density at radius 3 is 3.13 bits per heavy atom. The summed E-state index contributed by atoms with van der Waals surface area (Å²) in [6.07, 6.45) is 0. The van der Waals surface area contributed by atoms with Crippen LogP contribution >= 0.6 is 11.8 Å². The summed E-state index contributed by atoms with van der Waals surface area (Å²) in [5.41, 5.74) is 0. The summed E-state index contributed by atoms with van der Waals surface area (Å²) in [6.45, 7) is 1.72. The molecule has 1 N–H and O–H groups in total. The normalized spacial score (nSPS) is 10.5. The number of hydrogen-bond donors (Lipinski definition) is 1. The molecule has 1 rings (SSSR count). The van der Waals surface area contributed by atoms with E-state index in [9.17, 15) is 4.79 Å². The first kappa shape index (κ1) is 12.0. The fourth-order valence-corrected chi connectivity index (χ4v) is 1.33. The van der Waals surface area contributed by atoms with Gasteiger partial charge in [0.15, 0.2) is 5.82 Å². The maximum absolute atomic E-state index is 10.1. The zero-order valence-electron chi connectivity index (χ0n) is 8.30. The summed E-state index contributed by atoms with van der Waals surface area (Å²) in [5, 5.41) is 12.0. The second-order valence-corrected chi connectivity index (χ2v) is 3.90. The zero-order valence-corrected chi connectivity index (χ0v) is 9.12. The van der Waals surface area contributed by atoms with Crippen LogP contribution in [0.5, 0.6) is 0 Å². The average Bonchev–Trinajstić information content (AvgIpc) is 2.62. The molecular weight excluding hydrogens is 220 g/mol. The SMILES string of the molecule is CCSCc1noc(COCC(=O)O)n1. The zero-order chi connectivity index (χ0) is 11.1. The van der Waals surface area contributed by atoms with E-state index >= 15 is 0 Å². The van der Waals surface area contributed by atoms with Gasteiger partial charge in [-0.25, -0.2) is 4.79 Å². The van der Waals surface area contributed by atoms with Gasteiger partial charge in [0.25, 0.3) is 5.89 Å². The molecule has 1 aromatic rings. The van der Waals surface area contributed by atoms with Crippen molar-refractivity contribution in [2.45, 2.75) is 19.3 Å². The maximum atomic E-state index is 10.1. The summed E-state index contributed by atoms with van der Waals surface area (Å²) in [5.74, 6) is 1.58. The summed E-state index contributed by atoms with van der Waals surface area (Å²) in [4.78, 5) is 14.2. The van der Waals surface area contributed by atoms with Gasteiger partial charge in [-0.05, 0) is 5.75 Å². The van der Waals surface area contributed by atoms with E-state index in [0.717, 1.165) is 5.75 Å². The topological polar surface area (TPSA) is 85.5 Å². The third-order valence-electron chi connectivity index (χ3n) is 1.40. The molecule has 0 aliphatic heterocycles. The van der Waals surface area contributed by atoms with Crippen LogP contribution in [0.4, 0.5) is 0 Å². The van der Waals surface area contributed by atoms with Crippen LogP contribution in [0.15, 0.2) is 4.52 Å². The highest BCUT2D eigenvalue weighted by Crippen LogP contribution is 2.08. The molecule has 0 atom stereocenters. The van der Waals surface area contributed by atoms with Gasteiger partial charge in [-0.1, -0.05) is 12.1 Å². The van der Waals surface area contributed by atoms with Crippen molar-refractivity contribution in [3.05, 3.63) is 11.7 Å². The Balaban J connectivity index is 2.29. The molecule has 0 saturated heterocycles. The van der Waals surface area contributed by atoms with E-state index in [2.05, 4.69) is 10.1 Å². The molecule has 0 amide bonds. The quantitative estimate of drug-likeness (QED) is 0.748. The first-order chi connectivity index (χ1) is 7.22. The second kappa shape index (κ2) is 6.41. The van der Waals surface area contributed by atoms with Crippen molar-refractivity contribution in [3.63, 3.8) is 0 Å². The van der Waals surface area contributed by atoms with Crippen LogP contribution in [0, 0.1) is 0 Å². The van der Waals surface area contributed by atoms with Gasteiger partial charge < -0.3 is 14.4 Å². The first-order valence-corrected chi connectivity index (χ1v) is 5.56. The molecule has 0 fully saturated rings. The number of ether oxygens (including phenoxy) is 1. The van der Waals surface area contributed by atoms with E-state index in [1.165, 1.54) is 0 Å². The van der Waals surface area contributed by atoms with E-state index in [-0.39, 0.29) is 13.2 Å². The van der Waals surface area contributed by atoms with E-state index in [4.69, 9.17) is 14.4 Å². The lowest BCUT2D eigenvalue weighted by molar-refractivity contribution is -0.142. The van der Waals surface area contributed by atoms with Crippen LogP contribution in [0.3, 0.4) is 0 Å². The van der Waals surface area contributed by atoms with Gasteiger partial charge in [0.05, 0.1) is 5.75 Å². The highest BCUT2D eigenvalue weighted by Gasteiger charge is 2.06. The van der Waals surface area contributed by atoms with Crippen LogP contribution in [0.1, 0.15) is 18.6 Å². The summed E-state index contributed by atoms with van der Waals surface area (Å²) < 4.78 is 9.65. The molecule has 84 valence electrons. The minimum absolute atomic E-state index is 0.0378. The molecule has 1 aromatic heterocycles. The van der Waals surface area contributed by atoms with Gasteiger partial charge in [-0.15, -0.1) is 0 Å². The van der Waals surface area contributed by atoms with Crippen LogP contribution in [0.2, 0.25) is 0 Å². The van der Waals surface area contributed by atoms with E-state index in [1.54, 1.807) is 11.8 Å². The lowest BCUT2D eigenvalue weighted by Gasteiger charge is -1.94. The lowest BCUT2D eigenvalue weighted by atomic mass is 10.6. The van der Waals surface area contributed by atoms with Crippen molar-refractivity contribution in [2.75, 3.05) is 12.4 Å². The van der Waals surface area contributed by atoms with Crippen LogP contribution < -0.4 is 0 Å². The molecule has 6 nitrogen and oxygen atoms in total. The Kier molecular flexibility index (Phi) is 5.13. The van der Waals surface area contributed by atoms with Crippen molar-refractivity contribution in [2.24, 2.45) is 0 Å². The van der Waals surface area contributed by atoms with Crippen molar-refractivity contribution in [1.29, 1.82) is 0 Å². The highest BCUT2D eigenvalue weighted by atomic mass is 32.2. The first-order valence-electron chi connectivity index (χ1n) is 4.41. The fraction of sp³-hybridized carbons (Fsp3) is 0.625. The number of aliphatic carboxylic acids is 1. The number of carbonyl (C=O) groups is 1. The Bertz CT molecular complexity index is 315. The molecule has 0 unspecified atom stereocenters. The van der Waals surface area contributed by atoms with Crippen LogP contribution in [-0.4, -0.2) is 33.6 Å². The predicted octanol–water partition coefficient (Wildman–Crippen LogP) is 0.924. The van der Waals surface area contributed by atoms with Crippen molar-refractivity contribution in [3.8, 4) is 0 Å². The van der Waals surface area contributed by atoms with Crippen LogP contribution in [0.25, 0.3) is 0 Å². The molecule has 0 bridgehead atoms. The number of aromatic nitrogens is 2. The predicted molar refractivity (Wildman–Crippen MR) is 53.4 cm³/mol. The maximum Gasteiger partial charge on any atom is 0.329 e. The second-order valence-electron chi connectivity index (χ2n) is 2.63. The largest absolute Gasteiger partial charge is 0.480 e. The molecule has 0 radical (unpaired) electrons. The summed E-state index contributed by atoms with van der Waals surface area (Å²) in [6, 6.07) is 0. The standard InChI is InChI=1S/C8H12N2O4S/c1-2-15-5-6-9-7(14-10-6)3-13-4-8(11)12/h2-5H2,1H3,(H,11,12). The van der Waals surface area contributed by atoms with Gasteiger partial charge >= 0.3 is 5.97 Å². The number of hydrogen-bond acceptors (Lipinski definition) is 6. The molecular formula is C8H12N2O4S. The number of carboxylic acids is 1. The average molecular weight is 232 g/mol. The minimum Gasteiger partial charge on any atom is -0.480 e. The number of nitrogens with zero attached hydrogens (tertiary/aromatic N) is 2. The smallest absolute Gasteiger partial charge is 0.329 e. The van der Waals surface area contributed by atoms with E-state index in [1.807, 2.05) is 6.92 Å². The van der Waals surface area contributed by atoms with Crippen molar-refractivity contribution >= 4 is 17.7 Å². The Labute approximate surface area is 91.0 Å². The van der Waals surface area contributed by atoms with E-state index < -0.39 is 5.97 Å². The Morgan fingerprint density at radius 2 is 2.47 bits per heavy atom. The third kappa shape index (κ3) is 4.80. The van der Waals surface area contributed by atoms with E-state index in [0.29, 0.717) is 17.5 Å². The molecule has 1 heterocycles. The van der Waals surface area contributed by atoms with Crippen LogP contribution in [-0.2, 0) is 21.9 Å². The molecule has 7 heteroatoms. The molecule has 0 aliphatic rings. The van der Waals surface area contributed by atoms with Gasteiger partial charge in [0.2, 0.25) is 0 Å². The molecule has 15 heavy (non-hydrogen) atoms. The third-order valence-corrected chi connectivity index (χ3v) is 2.27. The van der Waals surface area contributed by atoms with Gasteiger partial charge in [0.1, 0.15) is 13.2 Å². The number of carboxylic acid groups (broad SMARTS) is 1. The summed E-state index contributed by atoms with van der Waals surface area (Å²) in [7, 11) is 0. The Morgan fingerprint density at radius 1 is 1.67 bits per heavy atom. The van der Waals surface area contributed by atoms with Gasteiger partial charge in [-0.2, -0.15) is 16.7 Å². The van der Waals surface area contributed by atoms with Crippen molar-refractivity contribution < 1.29 is 19.2 Å². The molecule has 0 saturated carbocycles. The molecule has 0 aromatic carbocycles. The number of rotatable bonds is 7. The highest BCUT2D eigenvalue weighted by molar-refractivity contribution is 7.98. The minimum atomic E-state index is -1.02. The van der Waals surface area contributed by atoms with Crippen molar-refractivity contribution in [1.82, 2.24) is 10.1 Å². The van der Waals surface area contributed by atoms with Gasteiger partial charge in [-0.3, -0.25) is 0 Å². The molecule has 0 aliphatic carbocycles. The molecule has 0 spiro atoms. The van der Waals surface area contributed by atoms with Gasteiger partial charge in [0, 0.05) is 0 Å². The number of thioether (sulfide) groups is 1. The Hall–Kier alpha value is -1.08. The monoisotopic (exact) mass is 232 g/mol.